The van der Waals surface area contributed by atoms with Crippen LogP contribution in [0.25, 0.3) is 0 Å². The first kappa shape index (κ1) is 17.1. The molecule has 24 heavy (non-hydrogen) atoms. The van der Waals surface area contributed by atoms with Crippen molar-refractivity contribution in [3.63, 3.8) is 0 Å². The molecule has 1 aliphatic heterocycles. The van der Waals surface area contributed by atoms with Crippen LogP contribution in [0.5, 0.6) is 5.75 Å². The van der Waals surface area contributed by atoms with Crippen LogP contribution in [0.4, 0.5) is 5.69 Å². The number of ether oxygens (including phenoxy) is 1. The van der Waals surface area contributed by atoms with Gasteiger partial charge in [0.1, 0.15) is 5.75 Å². The van der Waals surface area contributed by atoms with Gasteiger partial charge in [0.25, 0.3) is 5.91 Å². The normalized spacial score (nSPS) is 22.2. The van der Waals surface area contributed by atoms with Crippen molar-refractivity contribution in [1.82, 2.24) is 5.32 Å². The third-order valence-corrected chi connectivity index (χ3v) is 5.82. The van der Waals surface area contributed by atoms with Gasteiger partial charge in [-0.2, -0.15) is 0 Å². The van der Waals surface area contributed by atoms with Crippen molar-refractivity contribution in [3.8, 4) is 5.75 Å². The van der Waals surface area contributed by atoms with E-state index in [0.29, 0.717) is 17.9 Å². The fourth-order valence-corrected chi connectivity index (χ4v) is 4.35. The van der Waals surface area contributed by atoms with Crippen molar-refractivity contribution < 1.29 is 17.9 Å². The van der Waals surface area contributed by atoms with Gasteiger partial charge in [0.05, 0.1) is 11.9 Å². The van der Waals surface area contributed by atoms with E-state index in [4.69, 9.17) is 4.74 Å². The zero-order valence-corrected chi connectivity index (χ0v) is 14.7. The number of amides is 1. The Kier molecular flexibility index (Phi) is 4.99. The van der Waals surface area contributed by atoms with Gasteiger partial charge >= 0.3 is 0 Å². The number of rotatable bonds is 3. The second kappa shape index (κ2) is 7.01. The molecule has 0 unspecified atom stereocenters. The molecule has 1 saturated carbocycles. The Morgan fingerprint density at radius 1 is 1.17 bits per heavy atom. The standard InChI is InChI=1S/C17H24N2O4S/c1-24(21,22)19-12-11-16(23-15-10-6-5-9-14(15)19)17(20)18-13-7-3-2-4-8-13/h5-6,9-10,13,16H,2-4,7-8,11-12H2,1H3,(H,18,20)/t16-/m1/s1. The molecular weight excluding hydrogens is 328 g/mol. The number of para-hydroxylation sites is 2. The van der Waals surface area contributed by atoms with E-state index in [0.717, 1.165) is 25.7 Å². The first-order valence-electron chi connectivity index (χ1n) is 8.49. The maximum atomic E-state index is 12.6. The maximum Gasteiger partial charge on any atom is 0.261 e. The van der Waals surface area contributed by atoms with E-state index in [1.807, 2.05) is 0 Å². The van der Waals surface area contributed by atoms with Gasteiger partial charge in [0.15, 0.2) is 6.10 Å². The highest BCUT2D eigenvalue weighted by Crippen LogP contribution is 2.33. The second-order valence-corrected chi connectivity index (χ2v) is 8.45. The number of anilines is 1. The van der Waals surface area contributed by atoms with Crippen molar-refractivity contribution >= 4 is 21.6 Å². The van der Waals surface area contributed by atoms with E-state index >= 15 is 0 Å². The number of carbonyl (C=O) groups excluding carboxylic acids is 1. The van der Waals surface area contributed by atoms with E-state index < -0.39 is 16.1 Å². The first-order valence-corrected chi connectivity index (χ1v) is 10.3. The zero-order valence-electron chi connectivity index (χ0n) is 13.9. The van der Waals surface area contributed by atoms with Crippen LogP contribution in [0.2, 0.25) is 0 Å². The lowest BCUT2D eigenvalue weighted by molar-refractivity contribution is -0.129. The van der Waals surface area contributed by atoms with Crippen LogP contribution in [-0.4, -0.2) is 39.3 Å². The molecule has 0 radical (unpaired) electrons. The molecule has 1 N–H and O–H groups in total. The predicted octanol–water partition coefficient (Wildman–Crippen LogP) is 2.05. The SMILES string of the molecule is CS(=O)(=O)N1CC[C@H](C(=O)NC2CCCCC2)Oc2ccccc21. The summed E-state index contributed by atoms with van der Waals surface area (Å²) in [5, 5.41) is 3.07. The number of hydrogen-bond acceptors (Lipinski definition) is 4. The van der Waals surface area contributed by atoms with Crippen molar-refractivity contribution in [1.29, 1.82) is 0 Å². The quantitative estimate of drug-likeness (QED) is 0.903. The van der Waals surface area contributed by atoms with Gasteiger partial charge in [0, 0.05) is 19.0 Å². The second-order valence-electron chi connectivity index (χ2n) is 6.54. The Balaban J connectivity index is 1.77. The van der Waals surface area contributed by atoms with E-state index in [1.165, 1.54) is 17.0 Å². The molecule has 2 aliphatic rings. The summed E-state index contributed by atoms with van der Waals surface area (Å²) in [6, 6.07) is 7.17. The number of benzene rings is 1. The lowest BCUT2D eigenvalue weighted by atomic mass is 9.95. The minimum atomic E-state index is -3.42. The van der Waals surface area contributed by atoms with Crippen molar-refractivity contribution in [2.45, 2.75) is 50.7 Å². The van der Waals surface area contributed by atoms with Crippen molar-refractivity contribution in [2.75, 3.05) is 17.1 Å². The van der Waals surface area contributed by atoms with Gasteiger partial charge in [-0.05, 0) is 25.0 Å². The third-order valence-electron chi connectivity index (χ3n) is 4.64. The summed E-state index contributed by atoms with van der Waals surface area (Å²) in [5.74, 6) is 0.288. The zero-order chi connectivity index (χ0) is 17.2. The molecule has 1 heterocycles. The lowest BCUT2D eigenvalue weighted by Gasteiger charge is -2.25. The van der Waals surface area contributed by atoms with Crippen molar-refractivity contribution in [2.24, 2.45) is 0 Å². The molecule has 1 fully saturated rings. The fourth-order valence-electron chi connectivity index (χ4n) is 3.40. The molecule has 0 saturated heterocycles. The van der Waals surface area contributed by atoms with Crippen LogP contribution < -0.4 is 14.4 Å². The number of nitrogens with zero attached hydrogens (tertiary/aromatic N) is 1. The Bertz CT molecular complexity index is 698. The molecule has 0 bridgehead atoms. The van der Waals surface area contributed by atoms with Crippen LogP contribution in [0.1, 0.15) is 38.5 Å². The van der Waals surface area contributed by atoms with Crippen LogP contribution in [0.15, 0.2) is 24.3 Å². The highest BCUT2D eigenvalue weighted by molar-refractivity contribution is 7.92. The number of fused-ring (bicyclic) bond motifs is 1. The van der Waals surface area contributed by atoms with Gasteiger partial charge < -0.3 is 10.1 Å². The topological polar surface area (TPSA) is 75.7 Å². The molecule has 132 valence electrons. The van der Waals surface area contributed by atoms with E-state index in [2.05, 4.69) is 5.32 Å². The average Bonchev–Trinajstić information content (AvgIpc) is 2.75. The number of carbonyl (C=O) groups is 1. The summed E-state index contributed by atoms with van der Waals surface area (Å²) < 4.78 is 31.3. The number of nitrogens with one attached hydrogen (secondary N) is 1. The van der Waals surface area contributed by atoms with Crippen LogP contribution in [-0.2, 0) is 14.8 Å². The molecule has 1 aromatic carbocycles. The third kappa shape index (κ3) is 3.83. The maximum absolute atomic E-state index is 12.6. The largest absolute Gasteiger partial charge is 0.478 e. The van der Waals surface area contributed by atoms with Gasteiger partial charge in [-0.1, -0.05) is 31.4 Å². The molecule has 0 spiro atoms. The average molecular weight is 352 g/mol. The highest BCUT2D eigenvalue weighted by Gasteiger charge is 2.31. The van der Waals surface area contributed by atoms with E-state index in [-0.39, 0.29) is 18.5 Å². The number of hydrogen-bond donors (Lipinski definition) is 1. The minimum Gasteiger partial charge on any atom is -0.478 e. The smallest absolute Gasteiger partial charge is 0.261 e. The molecule has 1 aromatic rings. The van der Waals surface area contributed by atoms with Crippen LogP contribution in [0, 0.1) is 0 Å². The molecule has 1 atom stereocenters. The molecule has 6 nitrogen and oxygen atoms in total. The predicted molar refractivity (Wildman–Crippen MR) is 92.7 cm³/mol. The van der Waals surface area contributed by atoms with Crippen LogP contribution in [0.3, 0.4) is 0 Å². The van der Waals surface area contributed by atoms with E-state index in [9.17, 15) is 13.2 Å². The summed E-state index contributed by atoms with van der Waals surface area (Å²) in [6.07, 6.45) is 6.35. The Morgan fingerprint density at radius 2 is 1.88 bits per heavy atom. The Labute approximate surface area is 143 Å². The Morgan fingerprint density at radius 3 is 2.58 bits per heavy atom. The summed E-state index contributed by atoms with van der Waals surface area (Å²) in [4.78, 5) is 12.6. The minimum absolute atomic E-state index is 0.146. The molecule has 1 amide bonds. The van der Waals surface area contributed by atoms with Gasteiger partial charge in [-0.15, -0.1) is 0 Å². The summed E-state index contributed by atoms with van der Waals surface area (Å²) in [5.41, 5.74) is 0.493. The molecule has 3 rings (SSSR count). The lowest BCUT2D eigenvalue weighted by Crippen LogP contribution is -2.45. The highest BCUT2D eigenvalue weighted by atomic mass is 32.2. The monoisotopic (exact) mass is 352 g/mol. The van der Waals surface area contributed by atoms with Crippen molar-refractivity contribution in [3.05, 3.63) is 24.3 Å². The van der Waals surface area contributed by atoms with Gasteiger partial charge in [0.2, 0.25) is 10.0 Å². The van der Waals surface area contributed by atoms with Gasteiger partial charge in [-0.25, -0.2) is 8.42 Å². The Hall–Kier alpha value is -1.76. The summed E-state index contributed by atoms with van der Waals surface area (Å²) >= 11 is 0. The van der Waals surface area contributed by atoms with Crippen LogP contribution >= 0.6 is 0 Å². The molecule has 1 aliphatic carbocycles. The first-order chi connectivity index (χ1) is 11.4. The van der Waals surface area contributed by atoms with E-state index in [1.54, 1.807) is 24.3 Å². The molecule has 0 aromatic heterocycles. The van der Waals surface area contributed by atoms with Gasteiger partial charge in [-0.3, -0.25) is 9.10 Å². The summed E-state index contributed by atoms with van der Waals surface area (Å²) in [6.45, 7) is 0.235. The molecular formula is C17H24N2O4S. The summed E-state index contributed by atoms with van der Waals surface area (Å²) in [7, 11) is -3.42. The fraction of sp³-hybridized carbons (Fsp3) is 0.588. The number of sulfonamides is 1. The molecule has 7 heteroatoms.